The predicted octanol–water partition coefficient (Wildman–Crippen LogP) is 2.20. The Morgan fingerprint density at radius 1 is 1.29 bits per heavy atom. The van der Waals surface area contributed by atoms with Crippen molar-refractivity contribution < 1.29 is 4.74 Å². The van der Waals surface area contributed by atoms with Gasteiger partial charge in [-0.2, -0.15) is 0 Å². The molecule has 0 aliphatic carbocycles. The van der Waals surface area contributed by atoms with Crippen molar-refractivity contribution in [1.82, 2.24) is 0 Å². The Morgan fingerprint density at radius 2 is 2.24 bits per heavy atom. The first-order chi connectivity index (χ1) is 8.34. The fourth-order valence-electron chi connectivity index (χ4n) is 2.99. The lowest BCUT2D eigenvalue weighted by molar-refractivity contribution is 0.0788. The number of nitrogens with two attached hydrogens (primary N) is 1. The lowest BCUT2D eigenvalue weighted by Gasteiger charge is -2.39. The molecule has 1 unspecified atom stereocenters. The zero-order valence-electron chi connectivity index (χ0n) is 10.2. The molecule has 1 atom stereocenters. The number of hydrogen-bond acceptors (Lipinski definition) is 3. The minimum atomic E-state index is 0.562. The van der Waals surface area contributed by atoms with Gasteiger partial charge in [0.15, 0.2) is 0 Å². The van der Waals surface area contributed by atoms with Crippen LogP contribution in [0.2, 0.25) is 0 Å². The van der Waals surface area contributed by atoms with Gasteiger partial charge in [-0.15, -0.1) is 0 Å². The standard InChI is InChI=1S/C14H20N2O/c15-12-5-6-14-11(9-12)3-1-7-16(14)13-4-2-8-17-10-13/h5-6,9,13H,1-4,7-8,10,15H2. The molecule has 0 amide bonds. The average molecular weight is 232 g/mol. The Balaban J connectivity index is 1.88. The Labute approximate surface area is 103 Å². The van der Waals surface area contributed by atoms with Crippen LogP contribution >= 0.6 is 0 Å². The van der Waals surface area contributed by atoms with Gasteiger partial charge in [0, 0.05) is 24.5 Å². The van der Waals surface area contributed by atoms with E-state index in [1.807, 2.05) is 6.07 Å². The quantitative estimate of drug-likeness (QED) is 0.754. The topological polar surface area (TPSA) is 38.5 Å². The highest BCUT2D eigenvalue weighted by molar-refractivity contribution is 5.61. The van der Waals surface area contributed by atoms with Gasteiger partial charge < -0.3 is 15.4 Å². The summed E-state index contributed by atoms with van der Waals surface area (Å²) >= 11 is 0. The van der Waals surface area contributed by atoms with Crippen LogP contribution in [0.3, 0.4) is 0 Å². The third kappa shape index (κ3) is 2.12. The van der Waals surface area contributed by atoms with Gasteiger partial charge in [-0.25, -0.2) is 0 Å². The first kappa shape index (κ1) is 10.9. The van der Waals surface area contributed by atoms with E-state index in [1.54, 1.807) is 0 Å². The van der Waals surface area contributed by atoms with Crippen molar-refractivity contribution in [1.29, 1.82) is 0 Å². The molecular weight excluding hydrogens is 212 g/mol. The Morgan fingerprint density at radius 3 is 3.06 bits per heavy atom. The number of anilines is 2. The number of aryl methyl sites for hydroxylation is 1. The summed E-state index contributed by atoms with van der Waals surface area (Å²) < 4.78 is 5.61. The summed E-state index contributed by atoms with van der Waals surface area (Å²) in [4.78, 5) is 2.53. The molecular formula is C14H20N2O. The van der Waals surface area contributed by atoms with Gasteiger partial charge in [0.2, 0.25) is 0 Å². The van der Waals surface area contributed by atoms with Crippen molar-refractivity contribution in [2.45, 2.75) is 31.7 Å². The number of nitrogens with zero attached hydrogens (tertiary/aromatic N) is 1. The van der Waals surface area contributed by atoms with Crippen LogP contribution in [0.5, 0.6) is 0 Å². The van der Waals surface area contributed by atoms with Crippen molar-refractivity contribution in [2.75, 3.05) is 30.4 Å². The van der Waals surface area contributed by atoms with Gasteiger partial charge in [0.05, 0.1) is 12.6 Å². The summed E-state index contributed by atoms with van der Waals surface area (Å²) in [5.41, 5.74) is 9.52. The van der Waals surface area contributed by atoms with E-state index in [0.717, 1.165) is 31.9 Å². The van der Waals surface area contributed by atoms with Crippen molar-refractivity contribution in [3.05, 3.63) is 23.8 Å². The van der Waals surface area contributed by atoms with E-state index in [9.17, 15) is 0 Å². The Kier molecular flexibility index (Phi) is 2.93. The predicted molar refractivity (Wildman–Crippen MR) is 70.4 cm³/mol. The second kappa shape index (κ2) is 4.57. The van der Waals surface area contributed by atoms with E-state index in [2.05, 4.69) is 17.0 Å². The fraction of sp³-hybridized carbons (Fsp3) is 0.571. The van der Waals surface area contributed by atoms with Crippen molar-refractivity contribution >= 4 is 11.4 Å². The monoisotopic (exact) mass is 232 g/mol. The molecule has 2 aliphatic rings. The highest BCUT2D eigenvalue weighted by atomic mass is 16.5. The van der Waals surface area contributed by atoms with Crippen LogP contribution in [0.1, 0.15) is 24.8 Å². The maximum Gasteiger partial charge on any atom is 0.0669 e. The number of nitrogen functional groups attached to an aromatic ring is 1. The SMILES string of the molecule is Nc1ccc2c(c1)CCCN2C1CCCOC1. The molecule has 1 aromatic carbocycles. The molecule has 3 rings (SSSR count). The first-order valence-corrected chi connectivity index (χ1v) is 6.57. The second-order valence-corrected chi connectivity index (χ2v) is 5.06. The van der Waals surface area contributed by atoms with E-state index >= 15 is 0 Å². The molecule has 17 heavy (non-hydrogen) atoms. The Bertz CT molecular complexity index is 399. The van der Waals surface area contributed by atoms with E-state index in [1.165, 1.54) is 30.5 Å². The minimum Gasteiger partial charge on any atom is -0.399 e. The molecule has 0 saturated carbocycles. The van der Waals surface area contributed by atoms with Crippen molar-refractivity contribution in [3.8, 4) is 0 Å². The molecule has 1 saturated heterocycles. The zero-order valence-corrected chi connectivity index (χ0v) is 10.2. The van der Waals surface area contributed by atoms with E-state index < -0.39 is 0 Å². The smallest absolute Gasteiger partial charge is 0.0669 e. The van der Waals surface area contributed by atoms with Crippen LogP contribution in [0.15, 0.2) is 18.2 Å². The lowest BCUT2D eigenvalue weighted by atomic mass is 9.97. The number of fused-ring (bicyclic) bond motifs is 1. The summed E-state index contributed by atoms with van der Waals surface area (Å²) in [5.74, 6) is 0. The highest BCUT2D eigenvalue weighted by Gasteiger charge is 2.25. The molecule has 2 heterocycles. The average Bonchev–Trinajstić information content (AvgIpc) is 2.39. The zero-order chi connectivity index (χ0) is 11.7. The molecule has 2 N–H and O–H groups in total. The molecule has 92 valence electrons. The summed E-state index contributed by atoms with van der Waals surface area (Å²) in [5, 5.41) is 0. The third-order valence-electron chi connectivity index (χ3n) is 3.84. The molecule has 3 nitrogen and oxygen atoms in total. The van der Waals surface area contributed by atoms with Gasteiger partial charge >= 0.3 is 0 Å². The fourth-order valence-corrected chi connectivity index (χ4v) is 2.99. The van der Waals surface area contributed by atoms with Gasteiger partial charge in [-0.05, 0) is 49.4 Å². The molecule has 0 aromatic heterocycles. The van der Waals surface area contributed by atoms with Crippen molar-refractivity contribution in [2.24, 2.45) is 0 Å². The molecule has 1 fully saturated rings. The summed E-state index contributed by atoms with van der Waals surface area (Å²) in [6.07, 6.45) is 4.83. The van der Waals surface area contributed by atoms with Gasteiger partial charge in [0.1, 0.15) is 0 Å². The Hall–Kier alpha value is -1.22. The first-order valence-electron chi connectivity index (χ1n) is 6.57. The molecule has 0 radical (unpaired) electrons. The van der Waals surface area contributed by atoms with Gasteiger partial charge in [-0.3, -0.25) is 0 Å². The maximum atomic E-state index is 5.86. The molecule has 0 bridgehead atoms. The maximum absolute atomic E-state index is 5.86. The van der Waals surface area contributed by atoms with E-state index in [0.29, 0.717) is 6.04 Å². The van der Waals surface area contributed by atoms with E-state index in [-0.39, 0.29) is 0 Å². The van der Waals surface area contributed by atoms with Crippen LogP contribution < -0.4 is 10.6 Å². The molecule has 0 spiro atoms. The number of benzene rings is 1. The number of ether oxygens (including phenoxy) is 1. The summed E-state index contributed by atoms with van der Waals surface area (Å²) in [6.45, 7) is 2.97. The van der Waals surface area contributed by atoms with Crippen LogP contribution in [0, 0.1) is 0 Å². The highest BCUT2D eigenvalue weighted by Crippen LogP contribution is 2.32. The van der Waals surface area contributed by atoms with Gasteiger partial charge in [0.25, 0.3) is 0 Å². The minimum absolute atomic E-state index is 0.562. The van der Waals surface area contributed by atoms with Crippen LogP contribution in [-0.2, 0) is 11.2 Å². The summed E-state index contributed by atoms with van der Waals surface area (Å²) in [6, 6.07) is 6.89. The molecule has 1 aromatic rings. The molecule has 3 heteroatoms. The summed E-state index contributed by atoms with van der Waals surface area (Å²) in [7, 11) is 0. The van der Waals surface area contributed by atoms with Crippen LogP contribution in [0.25, 0.3) is 0 Å². The second-order valence-electron chi connectivity index (χ2n) is 5.06. The van der Waals surface area contributed by atoms with Gasteiger partial charge in [-0.1, -0.05) is 0 Å². The largest absolute Gasteiger partial charge is 0.399 e. The molecule has 2 aliphatic heterocycles. The van der Waals surface area contributed by atoms with E-state index in [4.69, 9.17) is 10.5 Å². The normalized spacial score (nSPS) is 24.5. The third-order valence-corrected chi connectivity index (χ3v) is 3.84. The van der Waals surface area contributed by atoms with Crippen LogP contribution in [-0.4, -0.2) is 25.8 Å². The van der Waals surface area contributed by atoms with Crippen LogP contribution in [0.4, 0.5) is 11.4 Å². The lowest BCUT2D eigenvalue weighted by Crippen LogP contribution is -2.43. The van der Waals surface area contributed by atoms with Crippen molar-refractivity contribution in [3.63, 3.8) is 0 Å². The number of rotatable bonds is 1. The number of hydrogen-bond donors (Lipinski definition) is 1.